The molecule has 4 nitrogen and oxygen atoms in total. The highest BCUT2D eigenvalue weighted by Gasteiger charge is 2.18. The number of hydrogen-bond acceptors (Lipinski definition) is 3. The van der Waals surface area contributed by atoms with Crippen molar-refractivity contribution in [3.8, 4) is 0 Å². The molecule has 0 fully saturated rings. The molecule has 0 aliphatic carbocycles. The van der Waals surface area contributed by atoms with Crippen LogP contribution in [0.3, 0.4) is 0 Å². The third kappa shape index (κ3) is 3.03. The van der Waals surface area contributed by atoms with E-state index in [0.29, 0.717) is 5.69 Å². The number of amides is 1. The van der Waals surface area contributed by atoms with E-state index < -0.39 is 5.82 Å². The zero-order valence-electron chi connectivity index (χ0n) is 12.2. The average molecular weight is 299 g/mol. The van der Waals surface area contributed by atoms with Crippen LogP contribution in [0.2, 0.25) is 0 Å². The number of nitrogen functional groups attached to an aromatic ring is 1. The van der Waals surface area contributed by atoms with Crippen LogP contribution in [-0.2, 0) is 11.2 Å². The molecule has 0 atom stereocenters. The summed E-state index contributed by atoms with van der Waals surface area (Å²) in [6.45, 7) is 1.11. The van der Waals surface area contributed by atoms with Crippen LogP contribution in [0.1, 0.15) is 12.0 Å². The van der Waals surface area contributed by atoms with E-state index in [1.54, 1.807) is 0 Å². The van der Waals surface area contributed by atoms with E-state index in [2.05, 4.69) is 16.3 Å². The van der Waals surface area contributed by atoms with Gasteiger partial charge >= 0.3 is 0 Å². The van der Waals surface area contributed by atoms with Crippen molar-refractivity contribution in [2.45, 2.75) is 12.8 Å². The molecule has 1 aliphatic heterocycles. The predicted octanol–water partition coefficient (Wildman–Crippen LogP) is 2.80. The van der Waals surface area contributed by atoms with E-state index in [1.165, 1.54) is 23.8 Å². The second-order valence-corrected chi connectivity index (χ2v) is 5.43. The number of nitrogens with zero attached hydrogens (tertiary/aromatic N) is 1. The minimum absolute atomic E-state index is 0.157. The molecule has 1 heterocycles. The first-order chi connectivity index (χ1) is 10.6. The van der Waals surface area contributed by atoms with Gasteiger partial charge in [-0.1, -0.05) is 18.2 Å². The first-order valence-corrected chi connectivity index (χ1v) is 7.31. The van der Waals surface area contributed by atoms with Crippen LogP contribution in [0, 0.1) is 5.82 Å². The molecule has 0 unspecified atom stereocenters. The van der Waals surface area contributed by atoms with E-state index in [4.69, 9.17) is 5.73 Å². The Balaban J connectivity index is 1.70. The molecule has 0 saturated carbocycles. The maximum Gasteiger partial charge on any atom is 0.243 e. The summed E-state index contributed by atoms with van der Waals surface area (Å²) in [5.74, 6) is -0.574. The van der Waals surface area contributed by atoms with Crippen molar-refractivity contribution in [2.75, 3.05) is 29.0 Å². The Hall–Kier alpha value is -2.56. The highest BCUT2D eigenvalue weighted by molar-refractivity contribution is 5.96. The zero-order valence-corrected chi connectivity index (χ0v) is 12.2. The second-order valence-electron chi connectivity index (χ2n) is 5.43. The van der Waals surface area contributed by atoms with Gasteiger partial charge in [-0.15, -0.1) is 0 Å². The van der Waals surface area contributed by atoms with Crippen LogP contribution in [0.15, 0.2) is 42.5 Å². The number of hydrogen-bond donors (Lipinski definition) is 2. The van der Waals surface area contributed by atoms with Gasteiger partial charge in [0.05, 0.1) is 17.9 Å². The Bertz CT molecular complexity index is 702. The fraction of sp³-hybridized carbons (Fsp3) is 0.235. The minimum atomic E-state index is -0.416. The van der Waals surface area contributed by atoms with E-state index >= 15 is 0 Å². The third-order valence-electron chi connectivity index (χ3n) is 3.83. The van der Waals surface area contributed by atoms with Crippen molar-refractivity contribution >= 4 is 23.0 Å². The summed E-state index contributed by atoms with van der Waals surface area (Å²) >= 11 is 0. The lowest BCUT2D eigenvalue weighted by molar-refractivity contribution is -0.115. The Kier molecular flexibility index (Phi) is 3.96. The summed E-state index contributed by atoms with van der Waals surface area (Å²) < 4.78 is 13.0. The number of aryl methyl sites for hydroxylation is 1. The van der Waals surface area contributed by atoms with Crippen molar-refractivity contribution in [1.82, 2.24) is 0 Å². The number of anilines is 3. The largest absolute Gasteiger partial charge is 0.397 e. The lowest BCUT2D eigenvalue weighted by atomic mass is 10.0. The van der Waals surface area contributed by atoms with Crippen LogP contribution in [0.25, 0.3) is 0 Å². The standard InChI is InChI=1S/C17H18FN3O/c18-13-7-8-15(14(19)10-13)20-17(22)11-21-9-3-5-12-4-1-2-6-16(12)21/h1-2,4,6-8,10H,3,5,9,11,19H2,(H,20,22). The van der Waals surface area contributed by atoms with Gasteiger partial charge in [-0.2, -0.15) is 0 Å². The lowest BCUT2D eigenvalue weighted by Crippen LogP contribution is -2.36. The molecule has 1 aliphatic rings. The van der Waals surface area contributed by atoms with Gasteiger partial charge in [-0.3, -0.25) is 4.79 Å². The molecule has 0 bridgehead atoms. The fourth-order valence-electron chi connectivity index (χ4n) is 2.79. The Morgan fingerprint density at radius 1 is 1.27 bits per heavy atom. The van der Waals surface area contributed by atoms with E-state index in [9.17, 15) is 9.18 Å². The quantitative estimate of drug-likeness (QED) is 0.857. The maximum atomic E-state index is 13.0. The van der Waals surface area contributed by atoms with Crippen molar-refractivity contribution in [3.05, 3.63) is 53.8 Å². The molecule has 2 aromatic rings. The van der Waals surface area contributed by atoms with Gasteiger partial charge in [0.15, 0.2) is 0 Å². The SMILES string of the molecule is Nc1cc(F)ccc1NC(=O)CN1CCCc2ccccc21. The van der Waals surface area contributed by atoms with Crippen molar-refractivity contribution in [1.29, 1.82) is 0 Å². The number of fused-ring (bicyclic) bond motifs is 1. The molecule has 0 aromatic heterocycles. The normalized spacial score (nSPS) is 13.6. The first kappa shape index (κ1) is 14.4. The molecule has 0 spiro atoms. The summed E-state index contributed by atoms with van der Waals surface area (Å²) in [5.41, 5.74) is 8.76. The Labute approximate surface area is 128 Å². The van der Waals surface area contributed by atoms with Crippen molar-refractivity contribution < 1.29 is 9.18 Å². The molecular formula is C17H18FN3O. The summed E-state index contributed by atoms with van der Waals surface area (Å²) in [7, 11) is 0. The molecule has 1 amide bonds. The maximum absolute atomic E-state index is 13.0. The van der Waals surface area contributed by atoms with Gasteiger partial charge < -0.3 is 16.0 Å². The van der Waals surface area contributed by atoms with Gasteiger partial charge in [0.1, 0.15) is 5.82 Å². The summed E-state index contributed by atoms with van der Waals surface area (Å²) in [4.78, 5) is 14.3. The number of nitrogens with one attached hydrogen (secondary N) is 1. The van der Waals surface area contributed by atoms with E-state index in [0.717, 1.165) is 25.1 Å². The topological polar surface area (TPSA) is 58.4 Å². The van der Waals surface area contributed by atoms with Crippen LogP contribution in [0.4, 0.5) is 21.5 Å². The predicted molar refractivity (Wildman–Crippen MR) is 86.4 cm³/mol. The van der Waals surface area contributed by atoms with Gasteiger partial charge in [0.25, 0.3) is 0 Å². The number of rotatable bonds is 3. The minimum Gasteiger partial charge on any atom is -0.397 e. The lowest BCUT2D eigenvalue weighted by Gasteiger charge is -2.30. The summed E-state index contributed by atoms with van der Waals surface area (Å²) in [6.07, 6.45) is 2.07. The molecule has 0 saturated heterocycles. The smallest absolute Gasteiger partial charge is 0.243 e. The molecule has 22 heavy (non-hydrogen) atoms. The molecule has 2 aromatic carbocycles. The fourth-order valence-corrected chi connectivity index (χ4v) is 2.79. The number of para-hydroxylation sites is 1. The monoisotopic (exact) mass is 299 g/mol. The van der Waals surface area contributed by atoms with Crippen LogP contribution >= 0.6 is 0 Å². The molecule has 3 N–H and O–H groups in total. The number of carbonyl (C=O) groups excluding carboxylic acids is 1. The molecular weight excluding hydrogens is 281 g/mol. The Morgan fingerprint density at radius 2 is 2.09 bits per heavy atom. The highest BCUT2D eigenvalue weighted by atomic mass is 19.1. The third-order valence-corrected chi connectivity index (χ3v) is 3.83. The van der Waals surface area contributed by atoms with Gasteiger partial charge in [-0.05, 0) is 42.7 Å². The number of benzene rings is 2. The summed E-state index contributed by atoms with van der Waals surface area (Å²) in [6, 6.07) is 12.1. The van der Waals surface area contributed by atoms with Crippen LogP contribution in [-0.4, -0.2) is 19.0 Å². The Morgan fingerprint density at radius 3 is 2.91 bits per heavy atom. The summed E-state index contributed by atoms with van der Waals surface area (Å²) in [5, 5.41) is 2.74. The van der Waals surface area contributed by atoms with E-state index in [1.807, 2.05) is 18.2 Å². The van der Waals surface area contributed by atoms with Crippen LogP contribution in [0.5, 0.6) is 0 Å². The van der Waals surface area contributed by atoms with Crippen molar-refractivity contribution in [2.24, 2.45) is 0 Å². The van der Waals surface area contributed by atoms with Gasteiger partial charge in [0, 0.05) is 12.2 Å². The molecule has 114 valence electrons. The highest BCUT2D eigenvalue weighted by Crippen LogP contribution is 2.26. The molecule has 3 rings (SSSR count). The number of carbonyl (C=O) groups is 1. The molecule has 5 heteroatoms. The van der Waals surface area contributed by atoms with Crippen molar-refractivity contribution in [3.63, 3.8) is 0 Å². The zero-order chi connectivity index (χ0) is 15.5. The first-order valence-electron chi connectivity index (χ1n) is 7.31. The van der Waals surface area contributed by atoms with Gasteiger partial charge in [0.2, 0.25) is 5.91 Å². The number of nitrogens with two attached hydrogens (primary N) is 1. The van der Waals surface area contributed by atoms with Gasteiger partial charge in [-0.25, -0.2) is 4.39 Å². The van der Waals surface area contributed by atoms with Crippen LogP contribution < -0.4 is 16.0 Å². The number of halogens is 1. The second kappa shape index (κ2) is 6.05. The van der Waals surface area contributed by atoms with E-state index in [-0.39, 0.29) is 18.1 Å². The molecule has 0 radical (unpaired) electrons. The average Bonchev–Trinajstić information content (AvgIpc) is 2.50.